The lowest BCUT2D eigenvalue weighted by molar-refractivity contribution is -0.123. The Balaban J connectivity index is 1.78. The van der Waals surface area contributed by atoms with Gasteiger partial charge in [0.2, 0.25) is 0 Å². The fourth-order valence-electron chi connectivity index (χ4n) is 8.39. The van der Waals surface area contributed by atoms with E-state index in [0.29, 0.717) is 16.2 Å². The van der Waals surface area contributed by atoms with Gasteiger partial charge in [-0.3, -0.25) is 0 Å². The van der Waals surface area contributed by atoms with Gasteiger partial charge >= 0.3 is 0 Å². The minimum absolute atomic E-state index is 0.504. The largest absolute Gasteiger partial charge is 0.0735 e. The van der Waals surface area contributed by atoms with Crippen LogP contribution in [-0.4, -0.2) is 0 Å². The van der Waals surface area contributed by atoms with E-state index in [1.54, 1.807) is 5.57 Å². The second kappa shape index (κ2) is 5.37. The first-order valence-electron chi connectivity index (χ1n) is 10.9. The molecule has 4 aliphatic carbocycles. The topological polar surface area (TPSA) is 0 Å². The normalized spacial score (nSPS) is 51.4. The Morgan fingerprint density at radius 1 is 0.917 bits per heavy atom. The molecule has 0 aliphatic heterocycles. The van der Waals surface area contributed by atoms with Gasteiger partial charge in [-0.25, -0.2) is 0 Å². The van der Waals surface area contributed by atoms with Crippen LogP contribution in [0.4, 0.5) is 0 Å². The van der Waals surface area contributed by atoms with E-state index < -0.39 is 0 Å². The van der Waals surface area contributed by atoms with E-state index >= 15 is 0 Å². The molecule has 0 bridgehead atoms. The van der Waals surface area contributed by atoms with Crippen molar-refractivity contribution in [2.75, 3.05) is 0 Å². The molecule has 6 atom stereocenters. The molecule has 0 amide bonds. The summed E-state index contributed by atoms with van der Waals surface area (Å²) in [6, 6.07) is 0. The van der Waals surface area contributed by atoms with Crippen LogP contribution in [0.1, 0.15) is 99.3 Å². The van der Waals surface area contributed by atoms with Gasteiger partial charge in [-0.2, -0.15) is 0 Å². The zero-order chi connectivity index (χ0) is 17.3. The molecule has 0 aromatic heterocycles. The molecule has 0 heterocycles. The van der Waals surface area contributed by atoms with E-state index in [1.165, 1.54) is 57.8 Å². The summed E-state index contributed by atoms with van der Waals surface area (Å²) in [5.74, 6) is 3.83. The van der Waals surface area contributed by atoms with Gasteiger partial charge in [0, 0.05) is 0 Å². The number of hydrogen-bond acceptors (Lipinski definition) is 0. The number of rotatable bonds is 1. The molecule has 24 heavy (non-hydrogen) atoms. The van der Waals surface area contributed by atoms with Crippen LogP contribution >= 0.6 is 0 Å². The summed E-state index contributed by atoms with van der Waals surface area (Å²) in [6.45, 7) is 15.5. The molecule has 136 valence electrons. The lowest BCUT2D eigenvalue weighted by Gasteiger charge is -2.65. The first-order chi connectivity index (χ1) is 11.2. The van der Waals surface area contributed by atoms with Crippen LogP contribution in [0.25, 0.3) is 0 Å². The van der Waals surface area contributed by atoms with Crippen molar-refractivity contribution >= 4 is 0 Å². The third-order valence-corrected chi connectivity index (χ3v) is 10.0. The second-order valence-electron chi connectivity index (χ2n) is 11.1. The lowest BCUT2D eigenvalue weighted by atomic mass is 9.39. The van der Waals surface area contributed by atoms with Crippen molar-refractivity contribution in [2.45, 2.75) is 99.3 Å². The van der Waals surface area contributed by atoms with Crippen molar-refractivity contribution in [1.82, 2.24) is 0 Å². The first kappa shape index (κ1) is 17.2. The number of hydrogen-bond donors (Lipinski definition) is 0. The molecule has 0 saturated heterocycles. The summed E-state index contributed by atoms with van der Waals surface area (Å²) in [6.07, 6.45) is 13.2. The SMILES string of the molecule is CC1=C2CCC3C4C(C(C)C)CCC4(C)CCC3(C)C2(C)CCC1. The van der Waals surface area contributed by atoms with Crippen molar-refractivity contribution in [3.8, 4) is 0 Å². The third kappa shape index (κ3) is 2.04. The molecule has 6 unspecified atom stereocenters. The number of allylic oxidation sites excluding steroid dienone is 2. The Morgan fingerprint density at radius 2 is 1.67 bits per heavy atom. The Morgan fingerprint density at radius 3 is 2.38 bits per heavy atom. The minimum Gasteiger partial charge on any atom is -0.0735 e. The smallest absolute Gasteiger partial charge is 0.00572 e. The van der Waals surface area contributed by atoms with E-state index in [4.69, 9.17) is 0 Å². The first-order valence-corrected chi connectivity index (χ1v) is 10.9. The maximum atomic E-state index is 2.73. The molecule has 3 saturated carbocycles. The van der Waals surface area contributed by atoms with E-state index in [0.717, 1.165) is 23.7 Å². The average molecular weight is 329 g/mol. The van der Waals surface area contributed by atoms with Crippen molar-refractivity contribution in [3.63, 3.8) is 0 Å². The van der Waals surface area contributed by atoms with Gasteiger partial charge < -0.3 is 0 Å². The molecule has 4 aliphatic rings. The maximum Gasteiger partial charge on any atom is -0.00572 e. The summed E-state index contributed by atoms with van der Waals surface area (Å²) in [4.78, 5) is 0. The van der Waals surface area contributed by atoms with Gasteiger partial charge in [0.05, 0.1) is 0 Å². The second-order valence-corrected chi connectivity index (χ2v) is 11.1. The Bertz CT molecular complexity index is 554. The van der Waals surface area contributed by atoms with E-state index in [-0.39, 0.29) is 0 Å². The molecule has 4 rings (SSSR count). The van der Waals surface area contributed by atoms with Crippen LogP contribution in [-0.2, 0) is 0 Å². The van der Waals surface area contributed by atoms with E-state index in [2.05, 4.69) is 41.5 Å². The van der Waals surface area contributed by atoms with Crippen LogP contribution in [0, 0.1) is 39.9 Å². The standard InChI is InChI=1S/C24H40/c1-16(2)18-11-13-22(4)14-15-24(6)20(21(18)22)10-9-19-17(3)8-7-12-23(19,24)5/h16,18,20-21H,7-15H2,1-6H3. The molecule has 0 aromatic carbocycles. The summed E-state index contributed by atoms with van der Waals surface area (Å²) in [5, 5.41) is 0. The molecule has 0 N–H and O–H groups in total. The van der Waals surface area contributed by atoms with Crippen LogP contribution in [0.15, 0.2) is 11.1 Å². The highest BCUT2D eigenvalue weighted by Gasteiger charge is 2.64. The lowest BCUT2D eigenvalue weighted by Crippen LogP contribution is -2.57. The predicted octanol–water partition coefficient (Wildman–Crippen LogP) is 7.39. The quantitative estimate of drug-likeness (QED) is 0.440. The van der Waals surface area contributed by atoms with Crippen molar-refractivity contribution in [2.24, 2.45) is 39.9 Å². The zero-order valence-corrected chi connectivity index (χ0v) is 17.2. The van der Waals surface area contributed by atoms with Gasteiger partial charge in [0.25, 0.3) is 0 Å². The Hall–Kier alpha value is -0.260. The van der Waals surface area contributed by atoms with Gasteiger partial charge in [0.1, 0.15) is 0 Å². The summed E-state index contributed by atoms with van der Waals surface area (Å²) in [7, 11) is 0. The van der Waals surface area contributed by atoms with Crippen molar-refractivity contribution in [1.29, 1.82) is 0 Å². The highest BCUT2D eigenvalue weighted by Crippen LogP contribution is 2.72. The molecule has 3 fully saturated rings. The third-order valence-electron chi connectivity index (χ3n) is 10.0. The monoisotopic (exact) mass is 328 g/mol. The Labute approximate surface area is 150 Å². The van der Waals surface area contributed by atoms with Gasteiger partial charge in [-0.1, -0.05) is 45.8 Å². The van der Waals surface area contributed by atoms with Crippen LogP contribution in [0.2, 0.25) is 0 Å². The van der Waals surface area contributed by atoms with Gasteiger partial charge in [-0.15, -0.1) is 0 Å². The van der Waals surface area contributed by atoms with Crippen LogP contribution in [0.3, 0.4) is 0 Å². The molecular formula is C24H40. The molecule has 0 radical (unpaired) electrons. The molecule has 0 spiro atoms. The zero-order valence-electron chi connectivity index (χ0n) is 17.2. The summed E-state index contributed by atoms with van der Waals surface area (Å²) in [5.41, 5.74) is 5.38. The van der Waals surface area contributed by atoms with Crippen molar-refractivity contribution in [3.05, 3.63) is 11.1 Å². The molecular weight excluding hydrogens is 288 g/mol. The summed E-state index contributed by atoms with van der Waals surface area (Å²) >= 11 is 0. The fourth-order valence-corrected chi connectivity index (χ4v) is 8.39. The Kier molecular flexibility index (Phi) is 3.84. The fraction of sp³-hybridized carbons (Fsp3) is 0.917. The van der Waals surface area contributed by atoms with E-state index in [9.17, 15) is 0 Å². The number of fused-ring (bicyclic) bond motifs is 5. The molecule has 0 heteroatoms. The average Bonchev–Trinajstić information content (AvgIpc) is 2.86. The summed E-state index contributed by atoms with van der Waals surface area (Å²) < 4.78 is 0. The highest BCUT2D eigenvalue weighted by molar-refractivity contribution is 5.31. The van der Waals surface area contributed by atoms with Gasteiger partial charge in [0.15, 0.2) is 0 Å². The molecule has 0 nitrogen and oxygen atoms in total. The van der Waals surface area contributed by atoms with Crippen LogP contribution in [0.5, 0.6) is 0 Å². The van der Waals surface area contributed by atoms with E-state index in [1.807, 2.05) is 5.57 Å². The molecule has 0 aromatic rings. The van der Waals surface area contributed by atoms with Gasteiger partial charge in [-0.05, 0) is 105 Å². The maximum absolute atomic E-state index is 2.73. The minimum atomic E-state index is 0.504. The predicted molar refractivity (Wildman–Crippen MR) is 104 cm³/mol. The van der Waals surface area contributed by atoms with Crippen molar-refractivity contribution < 1.29 is 0 Å². The highest BCUT2D eigenvalue weighted by atomic mass is 14.7. The van der Waals surface area contributed by atoms with Crippen LogP contribution < -0.4 is 0 Å².